The van der Waals surface area contributed by atoms with Crippen molar-refractivity contribution in [3.63, 3.8) is 0 Å². The van der Waals surface area contributed by atoms with Crippen molar-refractivity contribution in [1.29, 1.82) is 0 Å². The molecule has 0 bridgehead atoms. The first-order valence-corrected chi connectivity index (χ1v) is 14.8. The smallest absolute Gasteiger partial charge is 0.358 e. The van der Waals surface area contributed by atoms with Gasteiger partial charge in [0.1, 0.15) is 52.1 Å². The van der Waals surface area contributed by atoms with E-state index < -0.39 is 105 Å². The van der Waals surface area contributed by atoms with Crippen molar-refractivity contribution in [2.45, 2.75) is 56.5 Å². The molecule has 1 saturated carbocycles. The minimum absolute atomic E-state index is 0.151. The van der Waals surface area contributed by atoms with Crippen molar-refractivity contribution in [3.05, 3.63) is 41.0 Å². The predicted molar refractivity (Wildman–Crippen MR) is 161 cm³/mol. The molecule has 6 unspecified atom stereocenters. The quantitative estimate of drug-likeness (QED) is 0.209. The minimum atomic E-state index is -2.42. The zero-order valence-electron chi connectivity index (χ0n) is 26.6. The maximum atomic E-state index is 13.6. The summed E-state index contributed by atoms with van der Waals surface area (Å²) in [5.41, 5.74) is -6.46. The molecular weight excluding hydrogens is 636 g/mol. The summed E-state index contributed by atoms with van der Waals surface area (Å²) in [6.45, 7) is 2.96. The highest BCUT2D eigenvalue weighted by atomic mass is 16.6. The van der Waals surface area contributed by atoms with Gasteiger partial charge in [-0.15, -0.1) is 0 Å². The van der Waals surface area contributed by atoms with E-state index in [9.17, 15) is 49.5 Å². The molecule has 5 N–H and O–H groups in total. The molecule has 15 nitrogen and oxygen atoms in total. The van der Waals surface area contributed by atoms with E-state index in [1.165, 1.54) is 38.1 Å². The molecule has 256 valence electrons. The Bertz CT molecular complexity index is 1780. The van der Waals surface area contributed by atoms with E-state index in [1.54, 1.807) is 0 Å². The molecule has 2 heterocycles. The highest BCUT2D eigenvalue weighted by Gasteiger charge is 2.63. The average Bonchev–Trinajstić information content (AvgIpc) is 3.05. The second-order valence-corrected chi connectivity index (χ2v) is 12.1. The number of aliphatic hydroxyl groups excluding tert-OH is 3. The van der Waals surface area contributed by atoms with Gasteiger partial charge in [0.15, 0.2) is 11.6 Å². The lowest BCUT2D eigenvalue weighted by Crippen LogP contribution is -2.64. The number of carbonyl (C=O) groups is 5. The van der Waals surface area contributed by atoms with Gasteiger partial charge in [0.2, 0.25) is 5.60 Å². The van der Waals surface area contributed by atoms with E-state index in [2.05, 4.69) is 4.74 Å². The van der Waals surface area contributed by atoms with Crippen molar-refractivity contribution < 1.29 is 73.2 Å². The minimum Gasteiger partial charge on any atom is -0.506 e. The Morgan fingerprint density at radius 1 is 0.875 bits per heavy atom. The largest absolute Gasteiger partial charge is 0.506 e. The Kier molecular flexibility index (Phi) is 8.65. The molecule has 5 rings (SSSR count). The molecule has 6 atom stereocenters. The molecule has 0 amide bonds. The maximum absolute atomic E-state index is 13.6. The number of fused-ring (bicyclic) bond motifs is 3. The number of rotatable bonds is 7. The normalized spacial score (nSPS) is 25.7. The standard InChI is InChI=1S/C33H34O15/c1-13-10-17(34)24-27(39)23-20(48-33(24,29(13)41)31(43)46-5)9-7-16(26(23)38)15-6-8-19-22(25(15)37)18(35)12-32(47-19,30(42)45-4)28(40)14(2)11-21(36)44-3/h6-9,13-14,28-29,37-41H,10-12H2,1-5H3. The summed E-state index contributed by atoms with van der Waals surface area (Å²) in [6.07, 6.45) is -4.71. The third kappa shape index (κ3) is 4.83. The van der Waals surface area contributed by atoms with Crippen LogP contribution in [0.5, 0.6) is 23.0 Å². The average molecular weight is 671 g/mol. The van der Waals surface area contributed by atoms with Crippen LogP contribution in [0.25, 0.3) is 16.9 Å². The van der Waals surface area contributed by atoms with Crippen molar-refractivity contribution in [2.24, 2.45) is 11.8 Å². The van der Waals surface area contributed by atoms with Crippen LogP contribution in [0.2, 0.25) is 0 Å². The second kappa shape index (κ2) is 12.1. The van der Waals surface area contributed by atoms with Crippen LogP contribution in [0.1, 0.15) is 49.0 Å². The van der Waals surface area contributed by atoms with Crippen molar-refractivity contribution in [3.8, 4) is 34.1 Å². The number of Topliss-reactive ketones (excluding diaryl/α,β-unsaturated/α-hetero) is 2. The highest BCUT2D eigenvalue weighted by molar-refractivity contribution is 6.13. The molecule has 48 heavy (non-hydrogen) atoms. The molecule has 0 radical (unpaired) electrons. The summed E-state index contributed by atoms with van der Waals surface area (Å²) < 4.78 is 26.1. The number of phenolic OH excluding ortho intramolecular Hbond substituents is 2. The number of esters is 3. The summed E-state index contributed by atoms with van der Waals surface area (Å²) in [5.74, 6) is -9.10. The first-order valence-electron chi connectivity index (χ1n) is 14.8. The van der Waals surface area contributed by atoms with Gasteiger partial charge in [0, 0.05) is 17.5 Å². The van der Waals surface area contributed by atoms with Crippen molar-refractivity contribution in [2.75, 3.05) is 21.3 Å². The van der Waals surface area contributed by atoms with E-state index in [0.29, 0.717) is 0 Å². The molecule has 2 aromatic carbocycles. The van der Waals surface area contributed by atoms with E-state index in [0.717, 1.165) is 21.3 Å². The van der Waals surface area contributed by atoms with Gasteiger partial charge in [0.05, 0.1) is 39.7 Å². The number of hydrogen-bond acceptors (Lipinski definition) is 15. The Hall–Kier alpha value is -5.15. The lowest BCUT2D eigenvalue weighted by atomic mass is 9.69. The Labute approximate surface area is 273 Å². The van der Waals surface area contributed by atoms with Gasteiger partial charge in [0.25, 0.3) is 5.60 Å². The van der Waals surface area contributed by atoms with Crippen LogP contribution in [-0.2, 0) is 33.4 Å². The number of phenols is 2. The fourth-order valence-electron chi connectivity index (χ4n) is 6.69. The number of hydrogen-bond donors (Lipinski definition) is 5. The molecule has 2 aromatic rings. The van der Waals surface area contributed by atoms with Crippen molar-refractivity contribution in [1.82, 2.24) is 0 Å². The summed E-state index contributed by atoms with van der Waals surface area (Å²) in [7, 11) is 3.19. The number of aliphatic hydroxyl groups is 3. The fourth-order valence-corrected chi connectivity index (χ4v) is 6.69. The van der Waals surface area contributed by atoms with E-state index in [1.807, 2.05) is 0 Å². The first-order chi connectivity index (χ1) is 22.6. The SMILES string of the molecule is COC(=O)CC(C)C(O)C1(C(=O)OC)CC(=O)c2c(ccc(-c3ccc4c(c3O)C(O)=C3C(=O)CC(C)C(O)C3(C(=O)OC)O4)c2O)O1. The van der Waals surface area contributed by atoms with Crippen LogP contribution in [0.4, 0.5) is 0 Å². The topological polar surface area (TPSA) is 233 Å². The summed E-state index contributed by atoms with van der Waals surface area (Å²) in [4.78, 5) is 64.6. The van der Waals surface area contributed by atoms with Crippen LogP contribution < -0.4 is 9.47 Å². The molecule has 1 aliphatic carbocycles. The molecule has 0 aromatic heterocycles. The Morgan fingerprint density at radius 3 is 2.00 bits per heavy atom. The molecule has 2 aliphatic heterocycles. The number of benzene rings is 2. The summed E-state index contributed by atoms with van der Waals surface area (Å²) in [5, 5.41) is 56.3. The number of ketones is 2. The Morgan fingerprint density at radius 2 is 1.44 bits per heavy atom. The Balaban J connectivity index is 1.61. The van der Waals surface area contributed by atoms with Crippen LogP contribution >= 0.6 is 0 Å². The zero-order valence-corrected chi connectivity index (χ0v) is 26.6. The van der Waals surface area contributed by atoms with Gasteiger partial charge in [-0.2, -0.15) is 0 Å². The van der Waals surface area contributed by atoms with Gasteiger partial charge < -0.3 is 49.2 Å². The van der Waals surface area contributed by atoms with Gasteiger partial charge >= 0.3 is 17.9 Å². The number of ether oxygens (including phenoxy) is 5. The highest BCUT2D eigenvalue weighted by Crippen LogP contribution is 2.54. The number of aromatic hydroxyl groups is 2. The van der Waals surface area contributed by atoms with E-state index in [-0.39, 0.29) is 35.5 Å². The van der Waals surface area contributed by atoms with Crippen LogP contribution in [0.3, 0.4) is 0 Å². The monoisotopic (exact) mass is 670 g/mol. The maximum Gasteiger partial charge on any atom is 0.358 e. The number of methoxy groups -OCH3 is 3. The van der Waals surface area contributed by atoms with Crippen LogP contribution in [0.15, 0.2) is 29.8 Å². The lowest BCUT2D eigenvalue weighted by Gasteiger charge is -2.45. The molecule has 15 heteroatoms. The predicted octanol–water partition coefficient (Wildman–Crippen LogP) is 1.74. The first kappa shape index (κ1) is 34.2. The second-order valence-electron chi connectivity index (χ2n) is 12.1. The zero-order chi connectivity index (χ0) is 35.5. The third-order valence-corrected chi connectivity index (χ3v) is 9.17. The van der Waals surface area contributed by atoms with E-state index in [4.69, 9.17) is 18.9 Å². The number of carbonyl (C=O) groups excluding carboxylic acids is 5. The molecule has 1 fully saturated rings. The van der Waals surface area contributed by atoms with Gasteiger partial charge in [-0.25, -0.2) is 9.59 Å². The summed E-state index contributed by atoms with van der Waals surface area (Å²) in [6, 6.07) is 4.89. The van der Waals surface area contributed by atoms with Crippen LogP contribution in [0, 0.1) is 11.8 Å². The molecular formula is C33H34O15. The molecule has 3 aliphatic rings. The van der Waals surface area contributed by atoms with Gasteiger partial charge in [-0.1, -0.05) is 13.8 Å². The molecule has 0 spiro atoms. The fraction of sp³-hybridized carbons (Fsp3) is 0.424. The van der Waals surface area contributed by atoms with Gasteiger partial charge in [-0.05, 0) is 36.1 Å². The third-order valence-electron chi connectivity index (χ3n) is 9.17. The molecule has 0 saturated heterocycles. The van der Waals surface area contributed by atoms with Gasteiger partial charge in [-0.3, -0.25) is 14.4 Å². The summed E-state index contributed by atoms with van der Waals surface area (Å²) >= 11 is 0. The van der Waals surface area contributed by atoms with Crippen LogP contribution in [-0.4, -0.2) is 99.7 Å². The van der Waals surface area contributed by atoms with E-state index >= 15 is 0 Å². The van der Waals surface area contributed by atoms with Crippen molar-refractivity contribution >= 4 is 35.2 Å². The lowest BCUT2D eigenvalue weighted by molar-refractivity contribution is -0.176.